The maximum Gasteiger partial charge on any atom is 0.229 e. The van der Waals surface area contributed by atoms with Crippen molar-refractivity contribution in [3.63, 3.8) is 0 Å². The van der Waals surface area contributed by atoms with Crippen LogP contribution in [0.5, 0.6) is 17.2 Å². The third-order valence-corrected chi connectivity index (χ3v) is 6.58. The molecular weight excluding hydrogens is 480 g/mol. The van der Waals surface area contributed by atoms with Crippen LogP contribution >= 0.6 is 0 Å². The van der Waals surface area contributed by atoms with E-state index < -0.39 is 16.1 Å². The van der Waals surface area contributed by atoms with Gasteiger partial charge in [0.1, 0.15) is 17.2 Å². The second-order valence-corrected chi connectivity index (χ2v) is 10.6. The minimum Gasteiger partial charge on any atom is -0.506 e. The summed E-state index contributed by atoms with van der Waals surface area (Å²) in [6, 6.07) is 20.4. The topological polar surface area (TPSA) is 117 Å². The zero-order valence-corrected chi connectivity index (χ0v) is 21.7. The molecule has 2 atom stereocenters. The summed E-state index contributed by atoms with van der Waals surface area (Å²) in [7, 11) is -0.285. The number of aliphatic hydroxyl groups excluding tert-OH is 1. The highest BCUT2D eigenvalue weighted by atomic mass is 32.2. The fourth-order valence-electron chi connectivity index (χ4n) is 4.05. The largest absolute Gasteiger partial charge is 0.506 e. The first-order valence-corrected chi connectivity index (χ1v) is 13.5. The summed E-state index contributed by atoms with van der Waals surface area (Å²) < 4.78 is 36.0. The van der Waals surface area contributed by atoms with Crippen molar-refractivity contribution in [1.29, 1.82) is 0 Å². The quantitative estimate of drug-likeness (QED) is 0.270. The predicted molar refractivity (Wildman–Crippen MR) is 141 cm³/mol. The molecule has 4 N–H and O–H groups in total. The number of ether oxygens (including phenoxy) is 2. The molecule has 0 aromatic heterocycles. The number of methoxy groups -OCH3 is 2. The zero-order valence-electron chi connectivity index (χ0n) is 20.9. The Kier molecular flexibility index (Phi) is 9.19. The Morgan fingerprint density at radius 2 is 1.36 bits per heavy atom. The van der Waals surface area contributed by atoms with Crippen LogP contribution in [0.3, 0.4) is 0 Å². The second-order valence-electron chi connectivity index (χ2n) is 8.81. The Bertz CT molecular complexity index is 1180. The highest BCUT2D eigenvalue weighted by molar-refractivity contribution is 7.92. The van der Waals surface area contributed by atoms with Crippen LogP contribution in [0.1, 0.15) is 42.1 Å². The number of aromatic hydroxyl groups is 1. The maximum absolute atomic E-state index is 11.5. The minimum atomic E-state index is -3.57. The highest BCUT2D eigenvalue weighted by Crippen LogP contribution is 2.32. The summed E-state index contributed by atoms with van der Waals surface area (Å²) in [5.74, 6) is 1.47. The molecule has 3 aromatic carbocycles. The Hall–Kier alpha value is -3.27. The highest BCUT2D eigenvalue weighted by Gasteiger charge is 2.20. The van der Waals surface area contributed by atoms with Crippen LogP contribution in [0.25, 0.3) is 0 Å². The van der Waals surface area contributed by atoms with E-state index in [0.717, 1.165) is 35.3 Å². The van der Waals surface area contributed by atoms with Crippen LogP contribution in [0.15, 0.2) is 66.7 Å². The van der Waals surface area contributed by atoms with Crippen molar-refractivity contribution in [1.82, 2.24) is 5.32 Å². The van der Waals surface area contributed by atoms with Crippen molar-refractivity contribution >= 4 is 15.7 Å². The number of aliphatic hydroxyl groups is 1. The van der Waals surface area contributed by atoms with Gasteiger partial charge in [-0.15, -0.1) is 0 Å². The van der Waals surface area contributed by atoms with Crippen LogP contribution in [0.2, 0.25) is 0 Å². The lowest BCUT2D eigenvalue weighted by molar-refractivity contribution is 0.169. The average molecular weight is 515 g/mol. The van der Waals surface area contributed by atoms with Crippen LogP contribution in [-0.2, 0) is 10.0 Å². The van der Waals surface area contributed by atoms with Gasteiger partial charge in [-0.05, 0) is 66.4 Å². The van der Waals surface area contributed by atoms with E-state index in [9.17, 15) is 18.6 Å². The maximum atomic E-state index is 11.5. The molecule has 9 heteroatoms. The van der Waals surface area contributed by atoms with Gasteiger partial charge in [0.25, 0.3) is 0 Å². The molecule has 1 unspecified atom stereocenters. The van der Waals surface area contributed by atoms with Gasteiger partial charge in [-0.1, -0.05) is 30.3 Å². The third-order valence-electron chi connectivity index (χ3n) is 5.99. The van der Waals surface area contributed by atoms with E-state index in [1.165, 1.54) is 12.1 Å². The molecular formula is C27H34N2O6S. The van der Waals surface area contributed by atoms with E-state index in [2.05, 4.69) is 41.2 Å². The van der Waals surface area contributed by atoms with Gasteiger partial charge in [0.05, 0.1) is 32.3 Å². The first-order chi connectivity index (χ1) is 17.1. The standard InChI is InChI=1S/C27H34N2O6S/c1-18(28-17-27(31)21-9-14-26(30)25(16-21)29-36(4,32)33)15-24(19-5-10-22(34-2)11-6-19)20-7-12-23(35-3)13-8-20/h5-14,16,18,24,27-31H,15,17H2,1-4H3/t18?,27-/m0/s1. The van der Waals surface area contributed by atoms with Crippen molar-refractivity contribution in [2.24, 2.45) is 0 Å². The van der Waals surface area contributed by atoms with Gasteiger partial charge >= 0.3 is 0 Å². The molecule has 0 spiro atoms. The van der Waals surface area contributed by atoms with Crippen molar-refractivity contribution in [2.75, 3.05) is 31.7 Å². The minimum absolute atomic E-state index is 0.0289. The monoisotopic (exact) mass is 514 g/mol. The first-order valence-electron chi connectivity index (χ1n) is 11.6. The van der Waals surface area contributed by atoms with E-state index >= 15 is 0 Å². The number of sulfonamides is 1. The molecule has 194 valence electrons. The summed E-state index contributed by atoms with van der Waals surface area (Å²) in [5, 5.41) is 24.0. The molecule has 0 aliphatic carbocycles. The molecule has 0 aliphatic heterocycles. The number of hydrogen-bond donors (Lipinski definition) is 4. The summed E-state index contributed by atoms with van der Waals surface area (Å²) in [4.78, 5) is 0. The molecule has 0 heterocycles. The third kappa shape index (κ3) is 7.61. The SMILES string of the molecule is COc1ccc(C(CC(C)NC[C@H](O)c2ccc(O)c(NS(C)(=O)=O)c2)c2ccc(OC)cc2)cc1. The molecule has 3 aromatic rings. The lowest BCUT2D eigenvalue weighted by atomic mass is 9.86. The van der Waals surface area contributed by atoms with Crippen LogP contribution in [-0.4, -0.2) is 51.7 Å². The summed E-state index contributed by atoms with van der Waals surface area (Å²) >= 11 is 0. The number of rotatable bonds is 12. The van der Waals surface area contributed by atoms with Gasteiger partial charge in [0.2, 0.25) is 10.0 Å². The number of anilines is 1. The zero-order chi connectivity index (χ0) is 26.3. The van der Waals surface area contributed by atoms with E-state index in [-0.39, 0.29) is 29.9 Å². The Labute approximate surface area is 213 Å². The molecule has 0 fully saturated rings. The Morgan fingerprint density at radius 1 is 0.861 bits per heavy atom. The lowest BCUT2D eigenvalue weighted by Gasteiger charge is -2.24. The van der Waals surface area contributed by atoms with Gasteiger partial charge in [-0.3, -0.25) is 4.72 Å². The number of phenols is 1. The smallest absolute Gasteiger partial charge is 0.229 e. The second kappa shape index (κ2) is 12.1. The van der Waals surface area contributed by atoms with Gasteiger partial charge in [0, 0.05) is 18.5 Å². The van der Waals surface area contributed by atoms with Crippen molar-refractivity contribution in [2.45, 2.75) is 31.4 Å². The van der Waals surface area contributed by atoms with E-state index in [1.54, 1.807) is 20.3 Å². The van der Waals surface area contributed by atoms with E-state index in [1.807, 2.05) is 24.3 Å². The van der Waals surface area contributed by atoms with Crippen molar-refractivity contribution < 1.29 is 28.1 Å². The number of nitrogens with one attached hydrogen (secondary N) is 2. The molecule has 0 radical (unpaired) electrons. The molecule has 8 nitrogen and oxygen atoms in total. The fourth-order valence-corrected chi connectivity index (χ4v) is 4.61. The lowest BCUT2D eigenvalue weighted by Crippen LogP contribution is -2.32. The molecule has 36 heavy (non-hydrogen) atoms. The van der Waals surface area contributed by atoms with Crippen LogP contribution in [0.4, 0.5) is 5.69 Å². The Balaban J connectivity index is 1.72. The van der Waals surface area contributed by atoms with Crippen LogP contribution in [0, 0.1) is 0 Å². The number of phenolic OH excluding ortho intramolecular Hbond substituents is 1. The average Bonchev–Trinajstić information content (AvgIpc) is 2.86. The number of benzene rings is 3. The van der Waals surface area contributed by atoms with Gasteiger partial charge in [-0.2, -0.15) is 0 Å². The first kappa shape index (κ1) is 27.3. The molecule has 0 amide bonds. The normalized spacial score (nSPS) is 13.3. The fraction of sp³-hybridized carbons (Fsp3) is 0.333. The molecule has 3 rings (SSSR count). The van der Waals surface area contributed by atoms with Gasteiger partial charge in [-0.25, -0.2) is 8.42 Å². The van der Waals surface area contributed by atoms with E-state index in [4.69, 9.17) is 9.47 Å². The molecule has 0 saturated carbocycles. The summed E-state index contributed by atoms with van der Waals surface area (Å²) in [5.41, 5.74) is 2.80. The molecule has 0 saturated heterocycles. The van der Waals surface area contributed by atoms with Crippen LogP contribution < -0.4 is 19.5 Å². The summed E-state index contributed by atoms with van der Waals surface area (Å²) in [6.07, 6.45) is 0.872. The van der Waals surface area contributed by atoms with Crippen molar-refractivity contribution in [3.05, 3.63) is 83.4 Å². The molecule has 0 bridgehead atoms. The predicted octanol–water partition coefficient (Wildman–Crippen LogP) is 4.01. The Morgan fingerprint density at radius 3 is 1.83 bits per heavy atom. The van der Waals surface area contributed by atoms with Gasteiger partial charge in [0.15, 0.2) is 0 Å². The molecule has 0 aliphatic rings. The summed E-state index contributed by atoms with van der Waals surface area (Å²) in [6.45, 7) is 2.31. The van der Waals surface area contributed by atoms with Crippen molar-refractivity contribution in [3.8, 4) is 17.2 Å². The van der Waals surface area contributed by atoms with E-state index in [0.29, 0.717) is 5.56 Å². The number of hydrogen-bond acceptors (Lipinski definition) is 7. The van der Waals surface area contributed by atoms with Gasteiger partial charge < -0.3 is 25.0 Å².